The molecule has 0 amide bonds. The molecule has 0 atom stereocenters. The zero-order valence-corrected chi connectivity index (χ0v) is 9.89. The Kier molecular flexibility index (Phi) is 4.19. The van der Waals surface area contributed by atoms with Crippen molar-refractivity contribution in [2.24, 2.45) is 0 Å². The molecule has 1 aromatic heterocycles. The van der Waals surface area contributed by atoms with Crippen molar-refractivity contribution in [2.45, 2.75) is 5.16 Å². The van der Waals surface area contributed by atoms with Crippen LogP contribution in [0.15, 0.2) is 41.8 Å². The Labute approximate surface area is 104 Å². The maximum Gasteiger partial charge on any atom is 0.196 e. The highest BCUT2D eigenvalue weighted by Gasteiger charge is 2.05. The van der Waals surface area contributed by atoms with Crippen LogP contribution in [0.5, 0.6) is 0 Å². The van der Waals surface area contributed by atoms with Crippen molar-refractivity contribution >= 4 is 11.8 Å². The van der Waals surface area contributed by atoms with Crippen LogP contribution < -0.4 is 0 Å². The highest BCUT2D eigenvalue weighted by atomic mass is 32.2. The first-order valence-corrected chi connectivity index (χ1v) is 6.05. The number of hydrogen-bond donors (Lipinski definition) is 1. The van der Waals surface area contributed by atoms with Crippen molar-refractivity contribution in [1.29, 1.82) is 0 Å². The fourth-order valence-electron chi connectivity index (χ4n) is 1.30. The van der Waals surface area contributed by atoms with Gasteiger partial charge in [0.2, 0.25) is 0 Å². The first-order valence-electron chi connectivity index (χ1n) is 5.06. The minimum Gasteiger partial charge on any atom is -0.384 e. The standard InChI is InChI=1S/C12H11N3OS/c16-8-4-5-9-17-12-14-13-10-15(12)11-6-2-1-3-7-11/h1-3,6-7,10,16H,8-9H2. The van der Waals surface area contributed by atoms with Crippen molar-refractivity contribution in [3.63, 3.8) is 0 Å². The van der Waals surface area contributed by atoms with Crippen LogP contribution >= 0.6 is 11.8 Å². The Bertz CT molecular complexity index is 527. The minimum absolute atomic E-state index is 0.105. The van der Waals surface area contributed by atoms with Crippen LogP contribution in [0.2, 0.25) is 0 Å². The predicted octanol–water partition coefficient (Wildman–Crippen LogP) is 1.36. The maximum absolute atomic E-state index is 8.54. The van der Waals surface area contributed by atoms with E-state index in [1.165, 1.54) is 11.8 Å². The molecule has 2 aromatic rings. The SMILES string of the molecule is OCC#CCSc1nncn1-c1ccccc1. The second kappa shape index (κ2) is 6.09. The van der Waals surface area contributed by atoms with Crippen molar-refractivity contribution in [3.05, 3.63) is 36.7 Å². The monoisotopic (exact) mass is 245 g/mol. The fraction of sp³-hybridized carbons (Fsp3) is 0.167. The molecule has 2 rings (SSSR count). The normalized spacial score (nSPS) is 9.71. The number of aromatic nitrogens is 3. The van der Waals surface area contributed by atoms with Crippen LogP contribution in [-0.2, 0) is 0 Å². The smallest absolute Gasteiger partial charge is 0.196 e. The van der Waals surface area contributed by atoms with Crippen LogP contribution in [0.1, 0.15) is 0 Å². The van der Waals surface area contributed by atoms with E-state index in [2.05, 4.69) is 22.0 Å². The molecule has 0 saturated heterocycles. The van der Waals surface area contributed by atoms with Gasteiger partial charge in [0.1, 0.15) is 12.9 Å². The lowest BCUT2D eigenvalue weighted by atomic mass is 10.3. The number of aliphatic hydroxyl groups is 1. The van der Waals surface area contributed by atoms with Crippen molar-refractivity contribution < 1.29 is 5.11 Å². The van der Waals surface area contributed by atoms with Gasteiger partial charge < -0.3 is 5.11 Å². The molecule has 1 heterocycles. The van der Waals surface area contributed by atoms with Gasteiger partial charge in [0, 0.05) is 5.69 Å². The molecule has 1 aromatic carbocycles. The molecule has 0 spiro atoms. The molecular formula is C12H11N3OS. The molecule has 0 saturated carbocycles. The predicted molar refractivity (Wildman–Crippen MR) is 66.9 cm³/mol. The topological polar surface area (TPSA) is 50.9 Å². The van der Waals surface area contributed by atoms with E-state index in [-0.39, 0.29) is 6.61 Å². The molecule has 5 heteroatoms. The average molecular weight is 245 g/mol. The summed E-state index contributed by atoms with van der Waals surface area (Å²) in [4.78, 5) is 0. The van der Waals surface area contributed by atoms with Crippen LogP contribution in [-0.4, -0.2) is 32.2 Å². The van der Waals surface area contributed by atoms with Crippen LogP contribution in [0.4, 0.5) is 0 Å². The Hall–Kier alpha value is -1.77. The second-order valence-electron chi connectivity index (χ2n) is 3.12. The van der Waals surface area contributed by atoms with Crippen LogP contribution in [0, 0.1) is 11.8 Å². The van der Waals surface area contributed by atoms with Gasteiger partial charge in [0.15, 0.2) is 5.16 Å². The maximum atomic E-state index is 8.54. The van der Waals surface area contributed by atoms with Gasteiger partial charge >= 0.3 is 0 Å². The molecule has 0 bridgehead atoms. The van der Waals surface area contributed by atoms with Gasteiger partial charge in [-0.15, -0.1) is 10.2 Å². The Balaban J connectivity index is 2.12. The van der Waals surface area contributed by atoms with Gasteiger partial charge in [-0.25, -0.2) is 0 Å². The van der Waals surface area contributed by atoms with E-state index in [9.17, 15) is 0 Å². The van der Waals surface area contributed by atoms with E-state index in [1.54, 1.807) is 6.33 Å². The number of nitrogens with zero attached hydrogens (tertiary/aromatic N) is 3. The van der Waals surface area contributed by atoms with Gasteiger partial charge in [-0.05, 0) is 12.1 Å². The number of rotatable bonds is 3. The summed E-state index contributed by atoms with van der Waals surface area (Å²) in [6, 6.07) is 9.89. The average Bonchev–Trinajstić information content (AvgIpc) is 2.84. The first kappa shape index (κ1) is 11.7. The number of para-hydroxylation sites is 1. The molecule has 0 unspecified atom stereocenters. The first-order chi connectivity index (χ1) is 8.42. The van der Waals surface area contributed by atoms with Crippen molar-refractivity contribution in [3.8, 4) is 17.5 Å². The van der Waals surface area contributed by atoms with E-state index < -0.39 is 0 Å². The van der Waals surface area contributed by atoms with E-state index in [4.69, 9.17) is 5.11 Å². The van der Waals surface area contributed by atoms with E-state index >= 15 is 0 Å². The highest BCUT2D eigenvalue weighted by Crippen LogP contribution is 2.18. The summed E-state index contributed by atoms with van der Waals surface area (Å²) in [6.07, 6.45) is 1.68. The summed E-state index contributed by atoms with van der Waals surface area (Å²) < 4.78 is 1.91. The Morgan fingerprint density at radius 1 is 1.24 bits per heavy atom. The van der Waals surface area contributed by atoms with Gasteiger partial charge in [-0.1, -0.05) is 41.8 Å². The van der Waals surface area contributed by atoms with Crippen molar-refractivity contribution in [2.75, 3.05) is 12.4 Å². The van der Waals surface area contributed by atoms with E-state index in [0.29, 0.717) is 5.75 Å². The van der Waals surface area contributed by atoms with Crippen LogP contribution in [0.3, 0.4) is 0 Å². The third-order valence-electron chi connectivity index (χ3n) is 2.03. The largest absolute Gasteiger partial charge is 0.384 e. The number of aliphatic hydroxyl groups excluding tert-OH is 1. The zero-order valence-electron chi connectivity index (χ0n) is 9.08. The number of benzene rings is 1. The summed E-state index contributed by atoms with van der Waals surface area (Å²) in [7, 11) is 0. The number of hydrogen-bond acceptors (Lipinski definition) is 4. The van der Waals surface area contributed by atoms with Crippen molar-refractivity contribution in [1.82, 2.24) is 14.8 Å². The molecule has 0 fully saturated rings. The molecule has 0 aliphatic rings. The molecular weight excluding hydrogens is 234 g/mol. The third-order valence-corrected chi connectivity index (χ3v) is 2.85. The summed E-state index contributed by atoms with van der Waals surface area (Å²) >= 11 is 1.49. The Morgan fingerprint density at radius 3 is 2.82 bits per heavy atom. The van der Waals surface area contributed by atoms with E-state index in [1.807, 2.05) is 34.9 Å². The molecule has 4 nitrogen and oxygen atoms in total. The quantitative estimate of drug-likeness (QED) is 0.655. The minimum atomic E-state index is -0.105. The highest BCUT2D eigenvalue weighted by molar-refractivity contribution is 7.99. The Morgan fingerprint density at radius 2 is 2.06 bits per heavy atom. The lowest BCUT2D eigenvalue weighted by molar-refractivity contribution is 0.350. The summed E-state index contributed by atoms with van der Waals surface area (Å²) in [5, 5.41) is 17.3. The van der Waals surface area contributed by atoms with Gasteiger partial charge in [0.25, 0.3) is 0 Å². The lowest BCUT2D eigenvalue weighted by Crippen LogP contribution is -1.94. The molecule has 0 aliphatic carbocycles. The summed E-state index contributed by atoms with van der Waals surface area (Å²) in [6.45, 7) is -0.105. The van der Waals surface area contributed by atoms with Crippen LogP contribution in [0.25, 0.3) is 5.69 Å². The van der Waals surface area contributed by atoms with Gasteiger partial charge in [-0.3, -0.25) is 4.57 Å². The van der Waals surface area contributed by atoms with E-state index in [0.717, 1.165) is 10.8 Å². The second-order valence-corrected chi connectivity index (χ2v) is 4.06. The molecule has 17 heavy (non-hydrogen) atoms. The molecule has 1 N–H and O–H groups in total. The summed E-state index contributed by atoms with van der Waals surface area (Å²) in [5.41, 5.74) is 1.02. The fourth-order valence-corrected chi connectivity index (χ4v) is 2.00. The van der Waals surface area contributed by atoms with Gasteiger partial charge in [-0.2, -0.15) is 0 Å². The molecule has 0 radical (unpaired) electrons. The summed E-state index contributed by atoms with van der Waals surface area (Å²) in [5.74, 6) is 6.02. The molecule has 0 aliphatic heterocycles. The molecule has 86 valence electrons. The third kappa shape index (κ3) is 3.09. The zero-order chi connectivity index (χ0) is 11.9. The lowest BCUT2D eigenvalue weighted by Gasteiger charge is -2.03. The number of thioether (sulfide) groups is 1. The van der Waals surface area contributed by atoms with Gasteiger partial charge in [0.05, 0.1) is 5.75 Å².